The number of nitrogens with zero attached hydrogens (tertiary/aromatic N) is 6. The van der Waals surface area contributed by atoms with Crippen LogP contribution in [0.3, 0.4) is 0 Å². The number of para-hydroxylation sites is 1. The minimum atomic E-state index is -1.51. The minimum absolute atomic E-state index is 0.249. The molecule has 1 N–H and O–H groups in total. The normalized spacial score (nSPS) is 11.8. The molecule has 34 heavy (non-hydrogen) atoms. The van der Waals surface area contributed by atoms with Gasteiger partial charge in [0.25, 0.3) is 0 Å². The quantitative estimate of drug-likeness (QED) is 0.372. The van der Waals surface area contributed by atoms with Crippen LogP contribution in [0.5, 0.6) is 11.5 Å². The van der Waals surface area contributed by atoms with Crippen molar-refractivity contribution in [1.29, 1.82) is 0 Å². The molecule has 0 aliphatic heterocycles. The Kier molecular flexibility index (Phi) is 7.33. The van der Waals surface area contributed by atoms with Crippen molar-refractivity contribution in [2.24, 2.45) is 0 Å². The van der Waals surface area contributed by atoms with Crippen LogP contribution in [0.25, 0.3) is 17.1 Å². The van der Waals surface area contributed by atoms with Crippen LogP contribution < -0.4 is 14.2 Å². The Bertz CT molecular complexity index is 1290. The van der Waals surface area contributed by atoms with Gasteiger partial charge in [-0.25, -0.2) is 14.2 Å². The van der Waals surface area contributed by atoms with Crippen LogP contribution in [-0.2, 0) is 17.4 Å². The van der Waals surface area contributed by atoms with Gasteiger partial charge in [-0.1, -0.05) is 17.7 Å². The number of benzene rings is 1. The van der Waals surface area contributed by atoms with Crippen molar-refractivity contribution in [3.05, 3.63) is 65.5 Å². The summed E-state index contributed by atoms with van der Waals surface area (Å²) in [6.45, 7) is 1.94. The van der Waals surface area contributed by atoms with Crippen LogP contribution in [0.15, 0.2) is 49.1 Å². The van der Waals surface area contributed by atoms with Gasteiger partial charge in [0.05, 0.1) is 25.0 Å². The maximum absolute atomic E-state index is 12.9. The van der Waals surface area contributed by atoms with Crippen molar-refractivity contribution in [3.8, 4) is 28.6 Å². The maximum Gasteiger partial charge on any atom is 0.241 e. The summed E-state index contributed by atoms with van der Waals surface area (Å²) >= 11 is 5.83. The molecule has 0 fully saturated rings. The van der Waals surface area contributed by atoms with Crippen LogP contribution in [0.1, 0.15) is 11.4 Å². The van der Waals surface area contributed by atoms with Gasteiger partial charge in [-0.2, -0.15) is 0 Å². The number of rotatable bonds is 9. The molecule has 0 saturated heterocycles. The Morgan fingerprint density at radius 1 is 1.06 bits per heavy atom. The van der Waals surface area contributed by atoms with Gasteiger partial charge < -0.3 is 9.47 Å². The second kappa shape index (κ2) is 10.6. The fraction of sp³-hybridized carbons (Fsp3) is 0.227. The molecular weight excluding hydrogens is 478 g/mol. The van der Waals surface area contributed by atoms with Crippen LogP contribution in [0, 0.1) is 6.92 Å². The molecule has 4 aromatic rings. The number of halogens is 1. The van der Waals surface area contributed by atoms with Gasteiger partial charge in [-0.3, -0.25) is 14.3 Å². The highest BCUT2D eigenvalue weighted by molar-refractivity contribution is 7.86. The predicted octanol–water partition coefficient (Wildman–Crippen LogP) is 3.42. The first-order valence-corrected chi connectivity index (χ1v) is 11.9. The summed E-state index contributed by atoms with van der Waals surface area (Å²) in [7, 11) is 1.62. The van der Waals surface area contributed by atoms with E-state index in [0.717, 1.165) is 11.1 Å². The number of nitrogens with one attached hydrogen (secondary N) is 1. The second-order valence-electron chi connectivity index (χ2n) is 7.16. The monoisotopic (exact) mass is 499 g/mol. The molecule has 0 spiro atoms. The standard InChI is InChI=1S/C22H22ClN7O3S/c1-14-9-15(11-24-10-14)21-27-28-22(29-34(31)8-7-19-25-12-16(23)13-26-19)30(21)20-17(32-2)5-4-6-18(20)33-3/h4-6,9-13H,7-8H2,1-3H3,(H,28,29). The molecule has 3 heterocycles. The van der Waals surface area contributed by atoms with E-state index in [1.807, 2.05) is 19.1 Å². The van der Waals surface area contributed by atoms with E-state index in [1.165, 1.54) is 12.4 Å². The minimum Gasteiger partial charge on any atom is -0.494 e. The Morgan fingerprint density at radius 3 is 2.41 bits per heavy atom. The number of ether oxygens (including phenoxy) is 2. The molecule has 3 aromatic heterocycles. The van der Waals surface area contributed by atoms with Crippen LogP contribution >= 0.6 is 11.6 Å². The lowest BCUT2D eigenvalue weighted by Gasteiger charge is -2.17. The second-order valence-corrected chi connectivity index (χ2v) is 8.90. The summed E-state index contributed by atoms with van der Waals surface area (Å²) in [6, 6.07) is 7.36. The van der Waals surface area contributed by atoms with Gasteiger partial charge in [0.2, 0.25) is 5.95 Å². The summed E-state index contributed by atoms with van der Waals surface area (Å²) in [5.41, 5.74) is 2.25. The molecule has 0 amide bonds. The Balaban J connectivity index is 1.72. The van der Waals surface area contributed by atoms with Crippen molar-refractivity contribution in [2.75, 3.05) is 24.7 Å². The van der Waals surface area contributed by atoms with E-state index >= 15 is 0 Å². The molecule has 10 nitrogen and oxygen atoms in total. The van der Waals surface area contributed by atoms with E-state index in [1.54, 1.807) is 43.3 Å². The first-order chi connectivity index (χ1) is 16.5. The summed E-state index contributed by atoms with van der Waals surface area (Å²) in [4.78, 5) is 12.6. The van der Waals surface area contributed by atoms with E-state index in [0.29, 0.717) is 40.3 Å². The maximum atomic E-state index is 12.9. The first kappa shape index (κ1) is 23.6. The van der Waals surface area contributed by atoms with Gasteiger partial charge in [0.15, 0.2) is 5.82 Å². The lowest BCUT2D eigenvalue weighted by Crippen LogP contribution is -2.15. The molecule has 0 radical (unpaired) electrons. The smallest absolute Gasteiger partial charge is 0.241 e. The first-order valence-electron chi connectivity index (χ1n) is 10.2. The van der Waals surface area contributed by atoms with E-state index in [4.69, 9.17) is 21.1 Å². The Labute approximate surface area is 204 Å². The molecule has 1 atom stereocenters. The van der Waals surface area contributed by atoms with Gasteiger partial charge in [-0.05, 0) is 30.7 Å². The van der Waals surface area contributed by atoms with E-state index in [-0.39, 0.29) is 11.7 Å². The molecule has 12 heteroatoms. The zero-order valence-electron chi connectivity index (χ0n) is 18.7. The molecule has 176 valence electrons. The lowest BCUT2D eigenvalue weighted by atomic mass is 10.2. The SMILES string of the molecule is COc1cccc(OC)c1-n1c(NS(=O)CCc2ncc(Cl)cn2)nnc1-c1cncc(C)c1. The van der Waals surface area contributed by atoms with Gasteiger partial charge >= 0.3 is 0 Å². The summed E-state index contributed by atoms with van der Waals surface area (Å²) in [6.07, 6.45) is 6.84. The number of anilines is 1. The molecular formula is C22H22ClN7O3S. The third-order valence-electron chi connectivity index (χ3n) is 4.81. The number of aromatic nitrogens is 6. The zero-order valence-corrected chi connectivity index (χ0v) is 20.3. The average molecular weight is 500 g/mol. The largest absolute Gasteiger partial charge is 0.494 e. The van der Waals surface area contributed by atoms with E-state index in [2.05, 4.69) is 29.9 Å². The molecule has 0 bridgehead atoms. The Morgan fingerprint density at radius 2 is 1.76 bits per heavy atom. The zero-order chi connectivity index (χ0) is 24.1. The van der Waals surface area contributed by atoms with Gasteiger partial charge in [0, 0.05) is 36.8 Å². The third-order valence-corrected chi connectivity index (χ3v) is 5.99. The number of aryl methyl sites for hydroxylation is 2. The van der Waals surface area contributed by atoms with Crippen molar-refractivity contribution in [1.82, 2.24) is 29.7 Å². The van der Waals surface area contributed by atoms with Crippen LogP contribution in [-0.4, -0.2) is 53.9 Å². The number of pyridine rings is 1. The molecule has 0 saturated carbocycles. The summed E-state index contributed by atoms with van der Waals surface area (Å²) in [5, 5.41) is 9.08. The Hall–Kier alpha value is -3.57. The van der Waals surface area contributed by atoms with E-state index < -0.39 is 11.0 Å². The van der Waals surface area contributed by atoms with E-state index in [9.17, 15) is 4.21 Å². The highest BCUT2D eigenvalue weighted by Crippen LogP contribution is 2.37. The number of methoxy groups -OCH3 is 2. The highest BCUT2D eigenvalue weighted by atomic mass is 35.5. The fourth-order valence-corrected chi connectivity index (χ4v) is 4.19. The fourth-order valence-electron chi connectivity index (χ4n) is 3.28. The number of hydrogen-bond donors (Lipinski definition) is 1. The lowest BCUT2D eigenvalue weighted by molar-refractivity contribution is 0.391. The highest BCUT2D eigenvalue weighted by Gasteiger charge is 2.23. The summed E-state index contributed by atoms with van der Waals surface area (Å²) in [5.74, 6) is 2.60. The molecule has 0 aliphatic carbocycles. The number of hydrogen-bond acceptors (Lipinski definition) is 8. The van der Waals surface area contributed by atoms with Crippen LogP contribution in [0.4, 0.5) is 5.95 Å². The topological polar surface area (TPSA) is 117 Å². The molecule has 1 aromatic carbocycles. The van der Waals surface area contributed by atoms with Crippen molar-refractivity contribution < 1.29 is 13.7 Å². The van der Waals surface area contributed by atoms with Gasteiger partial charge in [-0.15, -0.1) is 10.2 Å². The molecule has 1 unspecified atom stereocenters. The summed E-state index contributed by atoms with van der Waals surface area (Å²) < 4.78 is 28.8. The van der Waals surface area contributed by atoms with Crippen LogP contribution in [0.2, 0.25) is 5.02 Å². The third kappa shape index (κ3) is 5.15. The van der Waals surface area contributed by atoms with Gasteiger partial charge in [0.1, 0.15) is 34.0 Å². The average Bonchev–Trinajstić information content (AvgIpc) is 3.26. The van der Waals surface area contributed by atoms with Crippen molar-refractivity contribution in [3.63, 3.8) is 0 Å². The van der Waals surface area contributed by atoms with Crippen molar-refractivity contribution >= 4 is 28.5 Å². The predicted molar refractivity (Wildman–Crippen MR) is 130 cm³/mol. The molecule has 0 aliphatic rings. The molecule has 4 rings (SSSR count). The van der Waals surface area contributed by atoms with Crippen molar-refractivity contribution in [2.45, 2.75) is 13.3 Å².